The molecule has 8 nitrogen and oxygen atoms in total. The van der Waals surface area contributed by atoms with Crippen LogP contribution in [0.3, 0.4) is 0 Å². The van der Waals surface area contributed by atoms with Gasteiger partial charge in [0.05, 0.1) is 23.2 Å². The minimum absolute atomic E-state index is 0.0283. The molecule has 0 aromatic heterocycles. The van der Waals surface area contributed by atoms with Crippen molar-refractivity contribution in [2.75, 3.05) is 6.61 Å². The summed E-state index contributed by atoms with van der Waals surface area (Å²) in [5, 5.41) is 3.10. The van der Waals surface area contributed by atoms with E-state index in [4.69, 9.17) is 18.8 Å². The Balaban J connectivity index is 1.14. The number of carbonyl (C=O) groups excluding carboxylic acids is 2. The summed E-state index contributed by atoms with van der Waals surface area (Å²) < 4.78 is 24.9. The van der Waals surface area contributed by atoms with Gasteiger partial charge in [0, 0.05) is 6.04 Å². The highest BCUT2D eigenvalue weighted by Gasteiger charge is 2.68. The molecular weight excluding hydrogens is 507 g/mol. The lowest BCUT2D eigenvalue weighted by Gasteiger charge is -2.64. The molecule has 3 heterocycles. The Bertz CT molecular complexity index is 1130. The first-order valence-electron chi connectivity index (χ1n) is 15.1. The maximum atomic E-state index is 13.3. The van der Waals surface area contributed by atoms with Crippen molar-refractivity contribution in [1.29, 1.82) is 0 Å². The van der Waals surface area contributed by atoms with E-state index in [0.29, 0.717) is 18.3 Å². The van der Waals surface area contributed by atoms with Gasteiger partial charge in [-0.1, -0.05) is 44.2 Å². The van der Waals surface area contributed by atoms with Gasteiger partial charge in [0.1, 0.15) is 12.2 Å². The van der Waals surface area contributed by atoms with E-state index in [9.17, 15) is 9.59 Å². The summed E-state index contributed by atoms with van der Waals surface area (Å²) in [5.74, 6) is 0.683. The second-order valence-corrected chi connectivity index (χ2v) is 14.7. The highest BCUT2D eigenvalue weighted by molar-refractivity contribution is 6.47. The first kappa shape index (κ1) is 27.9. The maximum Gasteiger partial charge on any atom is 0.482 e. The van der Waals surface area contributed by atoms with Crippen LogP contribution in [-0.2, 0) is 25.2 Å². The van der Waals surface area contributed by atoms with E-state index in [0.717, 1.165) is 37.7 Å². The Labute approximate surface area is 239 Å². The standard InChI is InChI=1S/C31H45BN2O6/c1-28(2,3)38-27(36)34-22-12-14-31(34,15-13-22)19-37-26(35)33-25(16-20-10-8-7-9-11-20)32-39-24-18-21-17-23(29(21,4)5)30(24,6)40-32/h7-11,21-25H,12-19H2,1-6H3,(H,33,35)/t21-,22?,23-,24+,25-,30-,31?/m0/s1. The molecular formula is C31H45BN2O6. The number of nitrogens with zero attached hydrogens (tertiary/aromatic N) is 1. The molecule has 218 valence electrons. The number of ether oxygens (including phenoxy) is 2. The fraction of sp³-hybridized carbons (Fsp3) is 0.742. The monoisotopic (exact) mass is 552 g/mol. The predicted octanol–water partition coefficient (Wildman–Crippen LogP) is 5.52. The summed E-state index contributed by atoms with van der Waals surface area (Å²) in [4.78, 5) is 28.2. The van der Waals surface area contributed by atoms with E-state index >= 15 is 0 Å². The third-order valence-electron chi connectivity index (χ3n) is 10.7. The Kier molecular flexibility index (Phi) is 6.73. The van der Waals surface area contributed by atoms with Crippen molar-refractivity contribution in [3.05, 3.63) is 35.9 Å². The smallest absolute Gasteiger partial charge is 0.447 e. The van der Waals surface area contributed by atoms with Crippen LogP contribution in [0, 0.1) is 17.3 Å². The van der Waals surface area contributed by atoms with Crippen molar-refractivity contribution in [3.8, 4) is 0 Å². The van der Waals surface area contributed by atoms with E-state index in [1.54, 1.807) is 0 Å². The van der Waals surface area contributed by atoms with E-state index in [1.807, 2.05) is 43.9 Å². The lowest BCUT2D eigenvalue weighted by molar-refractivity contribution is -0.199. The lowest BCUT2D eigenvalue weighted by Crippen LogP contribution is -2.65. The predicted molar refractivity (Wildman–Crippen MR) is 152 cm³/mol. The van der Waals surface area contributed by atoms with Crippen molar-refractivity contribution < 1.29 is 28.4 Å². The average molecular weight is 553 g/mol. The van der Waals surface area contributed by atoms with Crippen LogP contribution < -0.4 is 5.32 Å². The van der Waals surface area contributed by atoms with Crippen molar-refractivity contribution in [2.45, 2.75) is 121 Å². The van der Waals surface area contributed by atoms with Gasteiger partial charge >= 0.3 is 19.3 Å². The second-order valence-electron chi connectivity index (χ2n) is 14.7. The number of hydrogen-bond acceptors (Lipinski definition) is 6. The zero-order chi connectivity index (χ0) is 28.5. The summed E-state index contributed by atoms with van der Waals surface area (Å²) in [7, 11) is -0.559. The minimum atomic E-state index is -0.575. The third kappa shape index (κ3) is 4.71. The molecule has 3 aliphatic heterocycles. The average Bonchev–Trinajstić information content (AvgIpc) is 3.55. The molecule has 5 atom stereocenters. The van der Waals surface area contributed by atoms with Gasteiger partial charge in [0.15, 0.2) is 0 Å². The summed E-state index contributed by atoms with van der Waals surface area (Å²) in [5.41, 5.74) is -0.111. The zero-order valence-electron chi connectivity index (χ0n) is 24.9. The molecule has 2 amide bonds. The van der Waals surface area contributed by atoms with E-state index in [-0.39, 0.29) is 35.9 Å². The summed E-state index contributed by atoms with van der Waals surface area (Å²) in [6.45, 7) is 12.7. The number of benzene rings is 1. The normalized spacial score (nSPS) is 36.0. The highest BCUT2D eigenvalue weighted by atomic mass is 16.7. The van der Waals surface area contributed by atoms with Gasteiger partial charge in [-0.15, -0.1) is 0 Å². The molecule has 0 unspecified atom stereocenters. The number of nitrogens with one attached hydrogen (secondary N) is 1. The van der Waals surface area contributed by atoms with Crippen LogP contribution in [0.2, 0.25) is 0 Å². The fourth-order valence-corrected chi connectivity index (χ4v) is 8.44. The summed E-state index contributed by atoms with van der Waals surface area (Å²) in [6.07, 6.45) is 5.37. The van der Waals surface area contributed by atoms with Gasteiger partial charge in [0.25, 0.3) is 0 Å². The van der Waals surface area contributed by atoms with Gasteiger partial charge in [-0.2, -0.15) is 0 Å². The van der Waals surface area contributed by atoms with Gasteiger partial charge in [-0.05, 0) is 95.5 Å². The first-order chi connectivity index (χ1) is 18.8. The number of rotatable bonds is 6. The Morgan fingerprint density at radius 3 is 2.48 bits per heavy atom. The molecule has 0 radical (unpaired) electrons. The quantitative estimate of drug-likeness (QED) is 0.468. The summed E-state index contributed by atoms with van der Waals surface area (Å²) in [6, 6.07) is 10.2. The van der Waals surface area contributed by atoms with Crippen molar-refractivity contribution in [3.63, 3.8) is 0 Å². The van der Waals surface area contributed by atoms with Crippen molar-refractivity contribution in [1.82, 2.24) is 10.2 Å². The molecule has 6 aliphatic rings. The molecule has 9 heteroatoms. The van der Waals surface area contributed by atoms with Crippen LogP contribution in [0.15, 0.2) is 30.3 Å². The Hall–Kier alpha value is -2.26. The fourth-order valence-electron chi connectivity index (χ4n) is 8.44. The van der Waals surface area contributed by atoms with Gasteiger partial charge in [-0.3, -0.25) is 4.90 Å². The molecule has 1 aromatic carbocycles. The Morgan fingerprint density at radius 2 is 1.82 bits per heavy atom. The molecule has 3 saturated heterocycles. The number of alkyl carbamates (subject to hydrolysis) is 1. The number of fused-ring (bicyclic) bond motifs is 2. The van der Waals surface area contributed by atoms with Gasteiger partial charge in [-0.25, -0.2) is 9.59 Å². The van der Waals surface area contributed by atoms with Crippen LogP contribution in [0.4, 0.5) is 9.59 Å². The second kappa shape index (κ2) is 9.65. The molecule has 40 heavy (non-hydrogen) atoms. The summed E-state index contributed by atoms with van der Waals surface area (Å²) >= 11 is 0. The molecule has 4 bridgehead atoms. The maximum absolute atomic E-state index is 13.3. The number of carbonyl (C=O) groups is 2. The molecule has 1 aromatic rings. The van der Waals surface area contributed by atoms with E-state index in [1.165, 1.54) is 6.42 Å². The molecule has 3 aliphatic carbocycles. The van der Waals surface area contributed by atoms with Crippen LogP contribution in [0.25, 0.3) is 0 Å². The largest absolute Gasteiger partial charge is 0.482 e. The number of amides is 2. The highest BCUT2D eigenvalue weighted by Crippen LogP contribution is 2.65. The van der Waals surface area contributed by atoms with Crippen molar-refractivity contribution in [2.24, 2.45) is 17.3 Å². The zero-order valence-corrected chi connectivity index (χ0v) is 24.9. The van der Waals surface area contributed by atoms with Gasteiger partial charge < -0.3 is 24.1 Å². The van der Waals surface area contributed by atoms with Crippen LogP contribution in [-0.4, -0.2) is 65.6 Å². The lowest BCUT2D eigenvalue weighted by atomic mass is 9.43. The molecule has 6 fully saturated rings. The number of hydrogen-bond donors (Lipinski definition) is 1. The van der Waals surface area contributed by atoms with Crippen molar-refractivity contribution >= 4 is 19.3 Å². The van der Waals surface area contributed by atoms with Crippen LogP contribution in [0.1, 0.15) is 85.6 Å². The third-order valence-corrected chi connectivity index (χ3v) is 10.7. The van der Waals surface area contributed by atoms with E-state index < -0.39 is 30.3 Å². The van der Waals surface area contributed by atoms with Gasteiger partial charge in [0.2, 0.25) is 0 Å². The molecule has 7 rings (SSSR count). The molecule has 1 N–H and O–H groups in total. The molecule has 0 spiro atoms. The topological polar surface area (TPSA) is 86.3 Å². The van der Waals surface area contributed by atoms with E-state index in [2.05, 4.69) is 38.2 Å². The van der Waals surface area contributed by atoms with Crippen LogP contribution in [0.5, 0.6) is 0 Å². The minimum Gasteiger partial charge on any atom is -0.447 e. The first-order valence-corrected chi connectivity index (χ1v) is 15.1. The SMILES string of the molecule is CC(C)(C)OC(=O)N1C2CCC1(COC(=O)N[C@@H](Cc1ccccc1)B1O[C@@H]3C[C@@H]4C[C@@H](C4(C)C)[C@]3(C)O1)CC2. The molecule has 3 saturated carbocycles. The Morgan fingerprint density at radius 1 is 1.12 bits per heavy atom. The van der Waals surface area contributed by atoms with Crippen LogP contribution >= 0.6 is 0 Å².